The van der Waals surface area contributed by atoms with Gasteiger partial charge in [-0.2, -0.15) is 0 Å². The Balaban J connectivity index is 1.73. The minimum atomic E-state index is 0.889. The molecule has 0 aliphatic rings. The maximum atomic E-state index is 5.46. The first-order valence-electron chi connectivity index (χ1n) is 14.0. The summed E-state index contributed by atoms with van der Waals surface area (Å²) in [5.74, 6) is 0.889. The molecule has 2 nitrogen and oxygen atoms in total. The highest BCUT2D eigenvalue weighted by Gasteiger charge is 2.19. The van der Waals surface area contributed by atoms with E-state index in [1.54, 1.807) is 7.11 Å². The van der Waals surface area contributed by atoms with E-state index in [-0.39, 0.29) is 0 Å². The molecule has 0 aliphatic carbocycles. The third-order valence-electron chi connectivity index (χ3n) is 8.06. The first kappa shape index (κ1) is 24.4. The molecule has 190 valence electrons. The van der Waals surface area contributed by atoms with Crippen LogP contribution in [0.1, 0.15) is 50.7 Å². The first-order chi connectivity index (χ1) is 18.7. The van der Waals surface area contributed by atoms with Crippen molar-refractivity contribution in [2.24, 2.45) is 0 Å². The second-order valence-corrected chi connectivity index (χ2v) is 10.4. The number of pyridine rings is 1. The normalized spacial score (nSPS) is 11.7. The topological polar surface area (TPSA) is 22.1 Å². The number of hydrogen-bond acceptors (Lipinski definition) is 2. The smallest absolute Gasteiger partial charge is 0.118 e. The third-order valence-corrected chi connectivity index (χ3v) is 8.06. The first-order valence-corrected chi connectivity index (χ1v) is 14.0. The Bertz CT molecular complexity index is 1700. The molecular formula is C36H35NO. The SMILES string of the molecule is CCCCc1cc(-c2ccncc2)c2ccc3c(CCCC)cc(-c4ccc(OC)cc4)c4ccc1c2c34. The van der Waals surface area contributed by atoms with Crippen LogP contribution in [0.5, 0.6) is 5.75 Å². The Morgan fingerprint density at radius 2 is 1.05 bits per heavy atom. The van der Waals surface area contributed by atoms with Crippen molar-refractivity contribution in [2.45, 2.75) is 52.4 Å². The molecule has 2 heteroatoms. The zero-order valence-electron chi connectivity index (χ0n) is 22.7. The molecule has 0 saturated carbocycles. The molecule has 1 heterocycles. The number of rotatable bonds is 9. The Labute approximate surface area is 225 Å². The average molecular weight is 498 g/mol. The van der Waals surface area contributed by atoms with Gasteiger partial charge in [-0.1, -0.05) is 63.1 Å². The quantitative estimate of drug-likeness (QED) is 0.185. The zero-order valence-corrected chi connectivity index (χ0v) is 22.7. The van der Waals surface area contributed by atoms with Crippen LogP contribution in [0.3, 0.4) is 0 Å². The highest BCUT2D eigenvalue weighted by molar-refractivity contribution is 6.28. The number of nitrogens with zero attached hydrogens (tertiary/aromatic N) is 1. The third kappa shape index (κ3) is 4.19. The minimum Gasteiger partial charge on any atom is -0.497 e. The fraction of sp³-hybridized carbons (Fsp3) is 0.250. The molecule has 6 aromatic rings. The van der Waals surface area contributed by atoms with E-state index in [0.717, 1.165) is 18.6 Å². The van der Waals surface area contributed by atoms with Gasteiger partial charge in [0.15, 0.2) is 0 Å². The van der Waals surface area contributed by atoms with Gasteiger partial charge in [-0.3, -0.25) is 4.98 Å². The van der Waals surface area contributed by atoms with E-state index < -0.39 is 0 Å². The molecule has 0 fully saturated rings. The number of aryl methyl sites for hydroxylation is 2. The molecular weight excluding hydrogens is 462 g/mol. The molecule has 0 saturated heterocycles. The van der Waals surface area contributed by atoms with Crippen molar-refractivity contribution in [3.05, 3.63) is 96.3 Å². The second-order valence-electron chi connectivity index (χ2n) is 10.4. The summed E-state index contributed by atoms with van der Waals surface area (Å²) in [7, 11) is 1.73. The summed E-state index contributed by atoms with van der Waals surface area (Å²) in [6, 6.07) is 27.2. The van der Waals surface area contributed by atoms with E-state index in [1.165, 1.54) is 91.4 Å². The molecule has 6 rings (SSSR count). The number of methoxy groups -OCH3 is 1. The number of benzene rings is 5. The lowest BCUT2D eigenvalue weighted by molar-refractivity contribution is 0.415. The van der Waals surface area contributed by atoms with Crippen LogP contribution in [0, 0.1) is 0 Å². The summed E-state index contributed by atoms with van der Waals surface area (Å²) in [5.41, 5.74) is 7.99. The van der Waals surface area contributed by atoms with Crippen molar-refractivity contribution in [2.75, 3.05) is 7.11 Å². The van der Waals surface area contributed by atoms with Crippen LogP contribution >= 0.6 is 0 Å². The molecule has 0 atom stereocenters. The van der Waals surface area contributed by atoms with Crippen LogP contribution < -0.4 is 4.74 Å². The lowest BCUT2D eigenvalue weighted by Gasteiger charge is -2.21. The Morgan fingerprint density at radius 1 is 0.579 bits per heavy atom. The summed E-state index contributed by atoms with van der Waals surface area (Å²) in [4.78, 5) is 4.29. The summed E-state index contributed by atoms with van der Waals surface area (Å²) < 4.78 is 5.46. The van der Waals surface area contributed by atoms with Crippen LogP contribution in [0.4, 0.5) is 0 Å². The summed E-state index contributed by atoms with van der Waals surface area (Å²) in [6.45, 7) is 4.56. The van der Waals surface area contributed by atoms with E-state index in [4.69, 9.17) is 4.74 Å². The molecule has 0 aliphatic heterocycles. The van der Waals surface area contributed by atoms with E-state index >= 15 is 0 Å². The molecule has 38 heavy (non-hydrogen) atoms. The van der Waals surface area contributed by atoms with Gasteiger partial charge in [0.2, 0.25) is 0 Å². The fourth-order valence-electron chi connectivity index (χ4n) is 6.07. The number of unbranched alkanes of at least 4 members (excludes halogenated alkanes) is 2. The van der Waals surface area contributed by atoms with Crippen LogP contribution in [0.25, 0.3) is 54.6 Å². The van der Waals surface area contributed by atoms with Crippen LogP contribution in [0.2, 0.25) is 0 Å². The lowest BCUT2D eigenvalue weighted by Crippen LogP contribution is -1.97. The number of aromatic nitrogens is 1. The van der Waals surface area contributed by atoms with Crippen molar-refractivity contribution in [3.8, 4) is 28.0 Å². The second kappa shape index (κ2) is 10.5. The summed E-state index contributed by atoms with van der Waals surface area (Å²) >= 11 is 0. The van der Waals surface area contributed by atoms with Crippen molar-refractivity contribution >= 4 is 32.3 Å². The Hall–Kier alpha value is -3.91. The molecule has 0 amide bonds. The molecule has 0 radical (unpaired) electrons. The lowest BCUT2D eigenvalue weighted by atomic mass is 9.82. The van der Waals surface area contributed by atoms with E-state index in [2.05, 4.69) is 91.6 Å². The average Bonchev–Trinajstić information content (AvgIpc) is 2.98. The van der Waals surface area contributed by atoms with Gasteiger partial charge in [-0.15, -0.1) is 0 Å². The van der Waals surface area contributed by atoms with E-state index in [9.17, 15) is 0 Å². The summed E-state index contributed by atoms with van der Waals surface area (Å²) in [6.07, 6.45) is 10.8. The molecule has 5 aromatic carbocycles. The van der Waals surface area contributed by atoms with Gasteiger partial charge < -0.3 is 4.74 Å². The van der Waals surface area contributed by atoms with Crippen LogP contribution in [-0.2, 0) is 12.8 Å². The maximum absolute atomic E-state index is 5.46. The van der Waals surface area contributed by atoms with Crippen molar-refractivity contribution in [3.63, 3.8) is 0 Å². The van der Waals surface area contributed by atoms with Crippen molar-refractivity contribution < 1.29 is 4.74 Å². The summed E-state index contributed by atoms with van der Waals surface area (Å²) in [5, 5.41) is 8.28. The van der Waals surface area contributed by atoms with Gasteiger partial charge in [0.1, 0.15) is 5.75 Å². The predicted octanol–water partition coefficient (Wildman–Crippen LogP) is 10.0. The van der Waals surface area contributed by atoms with E-state index in [0.29, 0.717) is 0 Å². The molecule has 0 unspecified atom stereocenters. The largest absolute Gasteiger partial charge is 0.497 e. The van der Waals surface area contributed by atoms with Gasteiger partial charge >= 0.3 is 0 Å². The minimum absolute atomic E-state index is 0.889. The van der Waals surface area contributed by atoms with Gasteiger partial charge in [0.05, 0.1) is 7.11 Å². The van der Waals surface area contributed by atoms with Crippen molar-refractivity contribution in [1.29, 1.82) is 0 Å². The molecule has 0 N–H and O–H groups in total. The predicted molar refractivity (Wildman–Crippen MR) is 163 cm³/mol. The monoisotopic (exact) mass is 497 g/mol. The van der Waals surface area contributed by atoms with Gasteiger partial charge in [-0.25, -0.2) is 0 Å². The van der Waals surface area contributed by atoms with Gasteiger partial charge in [0.25, 0.3) is 0 Å². The van der Waals surface area contributed by atoms with Gasteiger partial charge in [-0.05, 0) is 128 Å². The molecule has 1 aromatic heterocycles. The standard InChI is InChI=1S/C36H35NO/c1-4-6-8-26-22-33(24-10-12-28(38-3)13-11-24)31-16-14-30-27(9-7-5-2)23-34(25-18-20-37-21-19-25)32-17-15-29(26)35(31)36(30)32/h10-23H,4-9H2,1-3H3. The fourth-order valence-corrected chi connectivity index (χ4v) is 6.07. The molecule has 0 bridgehead atoms. The van der Waals surface area contributed by atoms with E-state index in [1.807, 2.05) is 12.4 Å². The van der Waals surface area contributed by atoms with Crippen LogP contribution in [-0.4, -0.2) is 12.1 Å². The highest BCUT2D eigenvalue weighted by Crippen LogP contribution is 2.45. The zero-order chi connectivity index (χ0) is 26.1. The van der Waals surface area contributed by atoms with Crippen molar-refractivity contribution in [1.82, 2.24) is 4.98 Å². The highest BCUT2D eigenvalue weighted by atomic mass is 16.5. The van der Waals surface area contributed by atoms with Gasteiger partial charge in [0, 0.05) is 12.4 Å². The van der Waals surface area contributed by atoms with Crippen LogP contribution in [0.15, 0.2) is 85.2 Å². The number of ether oxygens (including phenoxy) is 1. The Morgan fingerprint density at radius 3 is 1.53 bits per heavy atom. The molecule has 0 spiro atoms. The number of hydrogen-bond donors (Lipinski definition) is 0. The maximum Gasteiger partial charge on any atom is 0.118 e. The Kier molecular flexibility index (Phi) is 6.72.